The van der Waals surface area contributed by atoms with E-state index in [-0.39, 0.29) is 29.7 Å². The molecule has 4 rings (SSSR count). The summed E-state index contributed by atoms with van der Waals surface area (Å²) in [6, 6.07) is 7.22. The van der Waals surface area contributed by atoms with Gasteiger partial charge in [-0.3, -0.25) is 9.78 Å². The summed E-state index contributed by atoms with van der Waals surface area (Å²) < 4.78 is 32.5. The normalized spacial score (nSPS) is 16.5. The highest BCUT2D eigenvalue weighted by atomic mass is 19.1. The van der Waals surface area contributed by atoms with Crippen LogP contribution in [0, 0.1) is 11.6 Å². The number of carbonyl (C=O) groups is 1. The van der Waals surface area contributed by atoms with Crippen LogP contribution in [-0.2, 0) is 11.2 Å². The van der Waals surface area contributed by atoms with Crippen LogP contribution in [0.5, 0.6) is 0 Å². The smallest absolute Gasteiger partial charge is 0.223 e. The van der Waals surface area contributed by atoms with E-state index in [1.807, 2.05) is 17.0 Å². The molecule has 0 bridgehead atoms. The van der Waals surface area contributed by atoms with E-state index in [1.165, 1.54) is 12.3 Å². The predicted octanol–water partition coefficient (Wildman–Crippen LogP) is 4.31. The van der Waals surface area contributed by atoms with E-state index in [2.05, 4.69) is 9.97 Å². The van der Waals surface area contributed by atoms with Crippen molar-refractivity contribution in [1.29, 1.82) is 0 Å². The van der Waals surface area contributed by atoms with Crippen LogP contribution in [0.15, 0.2) is 53.3 Å². The van der Waals surface area contributed by atoms with Crippen molar-refractivity contribution < 1.29 is 18.0 Å². The first-order valence-electron chi connectivity index (χ1n) is 9.21. The van der Waals surface area contributed by atoms with Crippen LogP contribution in [0.2, 0.25) is 0 Å². The maximum atomic E-state index is 13.9. The Morgan fingerprint density at radius 3 is 2.82 bits per heavy atom. The molecule has 28 heavy (non-hydrogen) atoms. The van der Waals surface area contributed by atoms with Gasteiger partial charge in [0, 0.05) is 37.8 Å². The van der Waals surface area contributed by atoms with Crippen molar-refractivity contribution in [3.05, 3.63) is 72.0 Å². The first kappa shape index (κ1) is 18.3. The SMILES string of the molecule is O=C(CCc1ncc(-c2ccc(F)cc2F)o1)N1CCC[C@H]1c1ccncc1. The Morgan fingerprint density at radius 2 is 2.04 bits per heavy atom. The van der Waals surface area contributed by atoms with E-state index in [0.29, 0.717) is 12.3 Å². The first-order valence-corrected chi connectivity index (χ1v) is 9.21. The molecule has 0 spiro atoms. The average molecular weight is 383 g/mol. The third-order valence-electron chi connectivity index (χ3n) is 4.97. The molecular weight excluding hydrogens is 364 g/mol. The molecule has 7 heteroatoms. The van der Waals surface area contributed by atoms with Crippen molar-refractivity contribution in [3.63, 3.8) is 0 Å². The third-order valence-corrected chi connectivity index (χ3v) is 4.97. The Labute approximate surface area is 161 Å². The molecule has 2 aromatic heterocycles. The predicted molar refractivity (Wildman–Crippen MR) is 98.1 cm³/mol. The molecular formula is C21H19F2N3O2. The van der Waals surface area contributed by atoms with Crippen LogP contribution in [0.3, 0.4) is 0 Å². The lowest BCUT2D eigenvalue weighted by Gasteiger charge is -2.24. The second kappa shape index (κ2) is 7.88. The Morgan fingerprint density at radius 1 is 1.21 bits per heavy atom. The minimum Gasteiger partial charge on any atom is -0.441 e. The number of hydrogen-bond donors (Lipinski definition) is 0. The molecule has 0 aliphatic carbocycles. The largest absolute Gasteiger partial charge is 0.441 e. The van der Waals surface area contributed by atoms with Gasteiger partial charge in [0.05, 0.1) is 17.8 Å². The van der Waals surface area contributed by atoms with E-state index >= 15 is 0 Å². The standard InChI is InChI=1S/C21H19F2N3O2/c22-15-3-4-16(17(23)12-15)19-13-25-20(28-19)5-6-21(27)26-11-1-2-18(26)14-7-9-24-10-8-14/h3-4,7-10,12-13,18H,1-2,5-6,11H2/t18-/m0/s1. The number of aromatic nitrogens is 2. The van der Waals surface area contributed by atoms with Crippen LogP contribution >= 0.6 is 0 Å². The zero-order valence-corrected chi connectivity index (χ0v) is 15.1. The maximum absolute atomic E-state index is 13.9. The Kier molecular flexibility index (Phi) is 5.14. The van der Waals surface area contributed by atoms with Gasteiger partial charge in [-0.25, -0.2) is 13.8 Å². The monoisotopic (exact) mass is 383 g/mol. The van der Waals surface area contributed by atoms with Gasteiger partial charge in [-0.2, -0.15) is 0 Å². The summed E-state index contributed by atoms with van der Waals surface area (Å²) in [6.45, 7) is 0.726. The lowest BCUT2D eigenvalue weighted by Crippen LogP contribution is -2.30. The zero-order chi connectivity index (χ0) is 19.5. The molecule has 0 radical (unpaired) electrons. The number of pyridine rings is 1. The van der Waals surface area contributed by atoms with Gasteiger partial charge in [-0.05, 0) is 42.7 Å². The highest BCUT2D eigenvalue weighted by molar-refractivity contribution is 5.77. The van der Waals surface area contributed by atoms with Crippen molar-refractivity contribution in [2.45, 2.75) is 31.7 Å². The summed E-state index contributed by atoms with van der Waals surface area (Å²) >= 11 is 0. The van der Waals surface area contributed by atoms with Crippen LogP contribution in [0.25, 0.3) is 11.3 Å². The number of rotatable bonds is 5. The van der Waals surface area contributed by atoms with Crippen molar-refractivity contribution in [1.82, 2.24) is 14.9 Å². The minimum absolute atomic E-state index is 0.0343. The van der Waals surface area contributed by atoms with Crippen LogP contribution in [-0.4, -0.2) is 27.3 Å². The Bertz CT molecular complexity index is 975. The summed E-state index contributed by atoms with van der Waals surface area (Å²) in [5.74, 6) is -0.758. The van der Waals surface area contributed by atoms with Crippen molar-refractivity contribution in [2.75, 3.05) is 6.54 Å². The second-order valence-electron chi connectivity index (χ2n) is 6.77. The fraction of sp³-hybridized carbons (Fsp3) is 0.286. The van der Waals surface area contributed by atoms with E-state index in [4.69, 9.17) is 4.42 Å². The van der Waals surface area contributed by atoms with Gasteiger partial charge >= 0.3 is 0 Å². The number of halogens is 2. The quantitative estimate of drug-likeness (QED) is 0.659. The molecule has 3 heterocycles. The Hall–Kier alpha value is -3.09. The van der Waals surface area contributed by atoms with Gasteiger partial charge in [-0.15, -0.1) is 0 Å². The van der Waals surface area contributed by atoms with Crippen molar-refractivity contribution in [2.24, 2.45) is 0 Å². The van der Waals surface area contributed by atoms with Gasteiger partial charge in [0.15, 0.2) is 11.7 Å². The zero-order valence-electron chi connectivity index (χ0n) is 15.1. The van der Waals surface area contributed by atoms with Crippen molar-refractivity contribution in [3.8, 4) is 11.3 Å². The highest BCUT2D eigenvalue weighted by Gasteiger charge is 2.29. The second-order valence-corrected chi connectivity index (χ2v) is 6.77. The van der Waals surface area contributed by atoms with Crippen LogP contribution in [0.4, 0.5) is 8.78 Å². The fourth-order valence-electron chi connectivity index (χ4n) is 3.59. The molecule has 1 fully saturated rings. The lowest BCUT2D eigenvalue weighted by atomic mass is 10.1. The number of aryl methyl sites for hydroxylation is 1. The molecule has 5 nitrogen and oxygen atoms in total. The van der Waals surface area contributed by atoms with E-state index in [9.17, 15) is 13.6 Å². The van der Waals surface area contributed by atoms with E-state index in [1.54, 1.807) is 12.4 Å². The summed E-state index contributed by atoms with van der Waals surface area (Å²) in [6.07, 6.45) is 7.34. The molecule has 1 aliphatic rings. The Balaban J connectivity index is 1.41. The molecule has 1 atom stereocenters. The van der Waals surface area contributed by atoms with Gasteiger partial charge in [0.25, 0.3) is 0 Å². The number of nitrogens with zero attached hydrogens (tertiary/aromatic N) is 3. The molecule has 0 unspecified atom stereocenters. The summed E-state index contributed by atoms with van der Waals surface area (Å²) in [5, 5.41) is 0. The fourth-order valence-corrected chi connectivity index (χ4v) is 3.59. The first-order chi connectivity index (χ1) is 13.6. The topological polar surface area (TPSA) is 59.2 Å². The molecule has 144 valence electrons. The molecule has 0 saturated carbocycles. The van der Waals surface area contributed by atoms with Crippen LogP contribution < -0.4 is 0 Å². The number of hydrogen-bond acceptors (Lipinski definition) is 4. The number of likely N-dealkylation sites (tertiary alicyclic amines) is 1. The van der Waals surface area contributed by atoms with Gasteiger partial charge < -0.3 is 9.32 Å². The van der Waals surface area contributed by atoms with E-state index < -0.39 is 11.6 Å². The maximum Gasteiger partial charge on any atom is 0.223 e. The molecule has 1 aliphatic heterocycles. The molecule has 1 aromatic carbocycles. The lowest BCUT2D eigenvalue weighted by molar-refractivity contribution is -0.132. The van der Waals surface area contributed by atoms with Gasteiger partial charge in [-0.1, -0.05) is 0 Å². The summed E-state index contributed by atoms with van der Waals surface area (Å²) in [4.78, 5) is 22.8. The molecule has 0 N–H and O–H groups in total. The van der Waals surface area contributed by atoms with Gasteiger partial charge in [0.2, 0.25) is 5.91 Å². The number of oxazole rings is 1. The summed E-state index contributed by atoms with van der Waals surface area (Å²) in [5.41, 5.74) is 1.23. The molecule has 3 aromatic rings. The number of benzene rings is 1. The minimum atomic E-state index is -0.712. The summed E-state index contributed by atoms with van der Waals surface area (Å²) in [7, 11) is 0. The average Bonchev–Trinajstić information content (AvgIpc) is 3.36. The van der Waals surface area contributed by atoms with Crippen LogP contribution in [0.1, 0.15) is 36.8 Å². The number of carbonyl (C=O) groups excluding carboxylic acids is 1. The molecule has 1 saturated heterocycles. The van der Waals surface area contributed by atoms with Crippen molar-refractivity contribution >= 4 is 5.91 Å². The molecule has 1 amide bonds. The van der Waals surface area contributed by atoms with E-state index in [0.717, 1.165) is 37.1 Å². The van der Waals surface area contributed by atoms with Gasteiger partial charge in [0.1, 0.15) is 11.6 Å². The number of amides is 1. The highest BCUT2D eigenvalue weighted by Crippen LogP contribution is 2.32. The third kappa shape index (κ3) is 3.78.